The average Bonchev–Trinajstić information content (AvgIpc) is 3.46. The lowest BCUT2D eigenvalue weighted by atomic mass is 10.1. The Balaban J connectivity index is 0.00000306. The molecule has 1 unspecified atom stereocenters. The van der Waals surface area contributed by atoms with Crippen molar-refractivity contribution in [3.8, 4) is 11.5 Å². The highest BCUT2D eigenvalue weighted by Crippen LogP contribution is 2.30. The Morgan fingerprint density at radius 3 is 2.64 bits per heavy atom. The van der Waals surface area contributed by atoms with Crippen LogP contribution in [0, 0.1) is 6.92 Å². The van der Waals surface area contributed by atoms with Crippen molar-refractivity contribution in [3.63, 3.8) is 0 Å². The number of rotatable bonds is 7. The Morgan fingerprint density at radius 1 is 1.18 bits per heavy atom. The van der Waals surface area contributed by atoms with Crippen LogP contribution in [-0.2, 0) is 6.42 Å². The van der Waals surface area contributed by atoms with Crippen LogP contribution < -0.4 is 25.0 Å². The molecule has 1 aliphatic heterocycles. The maximum absolute atomic E-state index is 5.42. The van der Waals surface area contributed by atoms with Crippen LogP contribution in [0.3, 0.4) is 0 Å². The number of hydrogen-bond acceptors (Lipinski definition) is 4. The van der Waals surface area contributed by atoms with E-state index in [0.717, 1.165) is 55.6 Å². The van der Waals surface area contributed by atoms with Gasteiger partial charge in [0.25, 0.3) is 0 Å². The lowest BCUT2D eigenvalue weighted by Gasteiger charge is -2.21. The molecule has 1 saturated heterocycles. The number of methoxy groups -OCH3 is 2. The topological polar surface area (TPSA) is 73.9 Å². The van der Waals surface area contributed by atoms with E-state index in [1.165, 1.54) is 22.0 Å². The highest BCUT2D eigenvalue weighted by atomic mass is 127. The number of guanidine groups is 1. The summed E-state index contributed by atoms with van der Waals surface area (Å²) >= 11 is 0. The van der Waals surface area contributed by atoms with E-state index in [1.807, 2.05) is 13.1 Å². The van der Waals surface area contributed by atoms with Crippen molar-refractivity contribution in [2.24, 2.45) is 4.99 Å². The summed E-state index contributed by atoms with van der Waals surface area (Å²) in [6, 6.07) is 12.7. The second-order valence-corrected chi connectivity index (χ2v) is 8.21. The molecule has 0 spiro atoms. The van der Waals surface area contributed by atoms with Gasteiger partial charge in [-0.1, -0.05) is 12.1 Å². The molecule has 2 heterocycles. The van der Waals surface area contributed by atoms with Crippen LogP contribution in [0.5, 0.6) is 11.5 Å². The average molecular weight is 563 g/mol. The number of ether oxygens (including phenoxy) is 2. The molecule has 0 bridgehead atoms. The first kappa shape index (κ1) is 25.0. The lowest BCUT2D eigenvalue weighted by Crippen LogP contribution is -2.45. The maximum atomic E-state index is 5.42. The monoisotopic (exact) mass is 563 g/mol. The van der Waals surface area contributed by atoms with Gasteiger partial charge in [0.2, 0.25) is 0 Å². The molecule has 0 aliphatic carbocycles. The summed E-state index contributed by atoms with van der Waals surface area (Å²) in [6.45, 7) is 4.86. The van der Waals surface area contributed by atoms with E-state index in [4.69, 9.17) is 9.47 Å². The molecule has 33 heavy (non-hydrogen) atoms. The number of aryl methyl sites for hydroxylation is 1. The molecule has 3 N–H and O–H groups in total. The minimum absolute atomic E-state index is 0. The quantitative estimate of drug-likeness (QED) is 0.230. The van der Waals surface area contributed by atoms with Gasteiger partial charge < -0.3 is 30.0 Å². The summed E-state index contributed by atoms with van der Waals surface area (Å²) in [5.41, 5.74) is 4.95. The number of aromatic nitrogens is 1. The third kappa shape index (κ3) is 5.85. The number of hydrogen-bond donors (Lipinski definition) is 3. The number of nitrogens with one attached hydrogen (secondary N) is 3. The summed E-state index contributed by atoms with van der Waals surface area (Å²) in [6.07, 6.45) is 4.10. The summed E-state index contributed by atoms with van der Waals surface area (Å²) in [5, 5.41) is 8.39. The fraction of sp³-hybridized carbons (Fsp3) is 0.400. The molecule has 1 aromatic heterocycles. The fourth-order valence-electron chi connectivity index (χ4n) is 4.44. The van der Waals surface area contributed by atoms with Crippen LogP contribution in [0.4, 0.5) is 5.69 Å². The number of H-pyrrole nitrogens is 1. The van der Waals surface area contributed by atoms with Gasteiger partial charge in [-0.15, -0.1) is 24.0 Å². The first-order valence-electron chi connectivity index (χ1n) is 11.1. The van der Waals surface area contributed by atoms with Gasteiger partial charge in [-0.25, -0.2) is 0 Å². The molecule has 1 aliphatic rings. The van der Waals surface area contributed by atoms with Crippen molar-refractivity contribution < 1.29 is 9.47 Å². The summed E-state index contributed by atoms with van der Waals surface area (Å²) in [7, 11) is 5.19. The molecule has 8 heteroatoms. The Morgan fingerprint density at radius 2 is 1.94 bits per heavy atom. The minimum atomic E-state index is 0. The highest BCUT2D eigenvalue weighted by molar-refractivity contribution is 14.0. The van der Waals surface area contributed by atoms with Crippen molar-refractivity contribution in [1.82, 2.24) is 15.6 Å². The van der Waals surface area contributed by atoms with E-state index < -0.39 is 0 Å². The predicted molar refractivity (Wildman–Crippen MR) is 147 cm³/mol. The molecule has 1 fully saturated rings. The molecule has 7 nitrogen and oxygen atoms in total. The van der Waals surface area contributed by atoms with Gasteiger partial charge in [0.15, 0.2) is 5.96 Å². The zero-order chi connectivity index (χ0) is 22.5. The molecule has 0 radical (unpaired) electrons. The number of nitrogens with zero attached hydrogens (tertiary/aromatic N) is 2. The molecule has 4 rings (SSSR count). The van der Waals surface area contributed by atoms with Crippen LogP contribution in [0.25, 0.3) is 10.9 Å². The normalized spacial score (nSPS) is 15.9. The second kappa shape index (κ2) is 11.5. The van der Waals surface area contributed by atoms with Crippen molar-refractivity contribution in [2.45, 2.75) is 25.8 Å². The number of aliphatic imine (C=N–C) groups is 1. The van der Waals surface area contributed by atoms with Gasteiger partial charge in [0, 0.05) is 73.7 Å². The third-order valence-corrected chi connectivity index (χ3v) is 6.14. The van der Waals surface area contributed by atoms with Crippen molar-refractivity contribution in [3.05, 3.63) is 53.7 Å². The summed E-state index contributed by atoms with van der Waals surface area (Å²) in [5.74, 6) is 2.46. The van der Waals surface area contributed by atoms with E-state index in [0.29, 0.717) is 6.04 Å². The zero-order valence-electron chi connectivity index (χ0n) is 19.8. The first-order valence-corrected chi connectivity index (χ1v) is 11.1. The minimum Gasteiger partial charge on any atom is -0.497 e. The van der Waals surface area contributed by atoms with Crippen molar-refractivity contribution >= 4 is 46.5 Å². The van der Waals surface area contributed by atoms with Crippen LogP contribution in [-0.4, -0.2) is 57.9 Å². The smallest absolute Gasteiger partial charge is 0.191 e. The van der Waals surface area contributed by atoms with E-state index in [9.17, 15) is 0 Å². The fourth-order valence-corrected chi connectivity index (χ4v) is 4.44. The lowest BCUT2D eigenvalue weighted by molar-refractivity contribution is 0.394. The van der Waals surface area contributed by atoms with Crippen molar-refractivity contribution in [1.29, 1.82) is 0 Å². The SMILES string of the molecule is CN=C(NCCc1c[nH]c2cccc(C)c12)NC1CCN(c2cc(OC)cc(OC)c2)C1.I. The third-order valence-electron chi connectivity index (χ3n) is 6.14. The molecular weight excluding hydrogens is 529 g/mol. The first-order chi connectivity index (χ1) is 15.6. The Kier molecular flexibility index (Phi) is 8.71. The van der Waals surface area contributed by atoms with Gasteiger partial charge in [0.1, 0.15) is 11.5 Å². The summed E-state index contributed by atoms with van der Waals surface area (Å²) in [4.78, 5) is 10.2. The molecule has 178 valence electrons. The number of benzene rings is 2. The summed E-state index contributed by atoms with van der Waals surface area (Å²) < 4.78 is 10.8. The Bertz CT molecular complexity index is 1080. The molecule has 0 saturated carbocycles. The molecule has 0 amide bonds. The number of halogens is 1. The standard InChI is InChI=1S/C25H33N5O2.HI/c1-17-6-5-7-23-24(17)18(15-28-23)8-10-27-25(26-2)29-19-9-11-30(16-19)20-12-21(31-3)14-22(13-20)32-4;/h5-7,12-15,19,28H,8-11,16H2,1-4H3,(H2,26,27,29);1H. The maximum Gasteiger partial charge on any atom is 0.191 e. The predicted octanol–water partition coefficient (Wildman–Crippen LogP) is 4.10. The van der Waals surface area contributed by atoms with Crippen LogP contribution in [0.1, 0.15) is 17.5 Å². The number of aromatic amines is 1. The van der Waals surface area contributed by atoms with Gasteiger partial charge in [-0.3, -0.25) is 4.99 Å². The molecule has 3 aromatic rings. The molecule has 1 atom stereocenters. The van der Waals surface area contributed by atoms with E-state index in [2.05, 4.69) is 69.0 Å². The molecule has 2 aromatic carbocycles. The van der Waals surface area contributed by atoms with E-state index in [-0.39, 0.29) is 24.0 Å². The number of fused-ring (bicyclic) bond motifs is 1. The Hall–Kier alpha value is -2.62. The van der Waals surface area contributed by atoms with Crippen molar-refractivity contribution in [2.75, 3.05) is 45.8 Å². The molecular formula is C25H34IN5O2. The highest BCUT2D eigenvalue weighted by Gasteiger charge is 2.24. The second-order valence-electron chi connectivity index (χ2n) is 8.21. The van der Waals surface area contributed by atoms with Gasteiger partial charge in [0.05, 0.1) is 14.2 Å². The van der Waals surface area contributed by atoms with Gasteiger partial charge >= 0.3 is 0 Å². The van der Waals surface area contributed by atoms with Gasteiger partial charge in [-0.2, -0.15) is 0 Å². The van der Waals surface area contributed by atoms with E-state index >= 15 is 0 Å². The largest absolute Gasteiger partial charge is 0.497 e. The van der Waals surface area contributed by atoms with Gasteiger partial charge in [-0.05, 0) is 37.0 Å². The van der Waals surface area contributed by atoms with E-state index in [1.54, 1.807) is 14.2 Å². The van der Waals surface area contributed by atoms with Crippen LogP contribution in [0.2, 0.25) is 0 Å². The number of anilines is 1. The zero-order valence-corrected chi connectivity index (χ0v) is 22.1. The van der Waals surface area contributed by atoms with Crippen LogP contribution in [0.15, 0.2) is 47.6 Å². The van der Waals surface area contributed by atoms with Crippen LogP contribution >= 0.6 is 24.0 Å². The Labute approximate surface area is 213 Å².